The average molecular weight is 268 g/mol. The molecule has 1 aliphatic heterocycles. The maximum absolute atomic E-state index is 6.15. The van der Waals surface area contributed by atoms with Crippen LogP contribution in [0.3, 0.4) is 0 Å². The van der Waals surface area contributed by atoms with E-state index in [0.29, 0.717) is 23.1 Å². The molecular formula is C13H18ClN3O. The van der Waals surface area contributed by atoms with Crippen LogP contribution in [0.4, 0.5) is 5.82 Å². The van der Waals surface area contributed by atoms with Crippen molar-refractivity contribution in [2.45, 2.75) is 45.3 Å². The molecule has 2 aliphatic rings. The first-order valence-corrected chi connectivity index (χ1v) is 6.92. The van der Waals surface area contributed by atoms with Gasteiger partial charge < -0.3 is 10.1 Å². The van der Waals surface area contributed by atoms with Crippen LogP contribution < -0.4 is 5.32 Å². The van der Waals surface area contributed by atoms with Crippen LogP contribution >= 0.6 is 11.6 Å². The Kier molecular flexibility index (Phi) is 3.16. The van der Waals surface area contributed by atoms with Gasteiger partial charge in [-0.2, -0.15) is 0 Å². The van der Waals surface area contributed by atoms with Crippen LogP contribution in [0.2, 0.25) is 5.15 Å². The second kappa shape index (κ2) is 4.67. The van der Waals surface area contributed by atoms with Gasteiger partial charge in [0.1, 0.15) is 0 Å². The number of nitrogens with one attached hydrogen (secondary N) is 1. The average Bonchev–Trinajstić information content (AvgIpc) is 3.07. The monoisotopic (exact) mass is 267 g/mol. The summed E-state index contributed by atoms with van der Waals surface area (Å²) in [5.41, 5.74) is 1.80. The third-order valence-corrected chi connectivity index (χ3v) is 4.07. The van der Waals surface area contributed by atoms with Gasteiger partial charge in [-0.15, -0.1) is 0 Å². The molecular weight excluding hydrogens is 250 g/mol. The maximum Gasteiger partial charge on any atom is 0.171 e. The Labute approximate surface area is 112 Å². The number of hydrogen-bond donors (Lipinski definition) is 1. The van der Waals surface area contributed by atoms with Crippen LogP contribution in [-0.4, -0.2) is 28.7 Å². The van der Waals surface area contributed by atoms with E-state index in [1.807, 2.05) is 13.8 Å². The molecule has 2 heterocycles. The third kappa shape index (κ3) is 2.31. The Hall–Kier alpha value is -0.870. The first kappa shape index (κ1) is 12.2. The van der Waals surface area contributed by atoms with Crippen molar-refractivity contribution in [2.75, 3.05) is 11.9 Å². The lowest BCUT2D eigenvalue weighted by atomic mass is 10.1. The Morgan fingerprint density at radius 1 is 1.17 bits per heavy atom. The van der Waals surface area contributed by atoms with Gasteiger partial charge in [0.25, 0.3) is 0 Å². The van der Waals surface area contributed by atoms with Gasteiger partial charge in [0, 0.05) is 6.61 Å². The van der Waals surface area contributed by atoms with Crippen molar-refractivity contribution in [2.24, 2.45) is 5.92 Å². The summed E-state index contributed by atoms with van der Waals surface area (Å²) in [6, 6.07) is 0.325. The Bertz CT molecular complexity index is 462. The highest BCUT2D eigenvalue weighted by molar-refractivity contribution is 6.31. The van der Waals surface area contributed by atoms with Crippen molar-refractivity contribution in [3.63, 3.8) is 0 Å². The minimum atomic E-state index is 0.324. The van der Waals surface area contributed by atoms with E-state index in [1.54, 1.807) is 0 Å². The SMILES string of the molecule is Cc1nc(Cl)c(NC2CCOC2C2CC2)nc1C. The highest BCUT2D eigenvalue weighted by atomic mass is 35.5. The molecule has 2 atom stereocenters. The minimum absolute atomic E-state index is 0.324. The third-order valence-electron chi connectivity index (χ3n) is 3.81. The van der Waals surface area contributed by atoms with Crippen molar-refractivity contribution in [3.8, 4) is 0 Å². The topological polar surface area (TPSA) is 47.0 Å². The highest BCUT2D eigenvalue weighted by Gasteiger charge is 2.40. The van der Waals surface area contributed by atoms with Crippen molar-refractivity contribution in [3.05, 3.63) is 16.5 Å². The molecule has 0 spiro atoms. The molecule has 0 bridgehead atoms. The van der Waals surface area contributed by atoms with Gasteiger partial charge in [0.05, 0.1) is 23.5 Å². The number of aryl methyl sites for hydroxylation is 2. The van der Waals surface area contributed by atoms with Gasteiger partial charge in [-0.25, -0.2) is 9.97 Å². The normalized spacial score (nSPS) is 27.5. The van der Waals surface area contributed by atoms with Gasteiger partial charge in [-0.05, 0) is 39.0 Å². The zero-order chi connectivity index (χ0) is 12.7. The molecule has 0 amide bonds. The Morgan fingerprint density at radius 2 is 1.89 bits per heavy atom. The van der Waals surface area contributed by atoms with Crippen LogP contribution in [0.25, 0.3) is 0 Å². The fourth-order valence-electron chi connectivity index (χ4n) is 2.50. The number of rotatable bonds is 3. The molecule has 18 heavy (non-hydrogen) atoms. The molecule has 1 aromatic rings. The first-order valence-electron chi connectivity index (χ1n) is 6.54. The van der Waals surface area contributed by atoms with E-state index < -0.39 is 0 Å². The van der Waals surface area contributed by atoms with Crippen LogP contribution in [-0.2, 0) is 4.74 Å². The number of hydrogen-bond acceptors (Lipinski definition) is 4. The van der Waals surface area contributed by atoms with Crippen LogP contribution in [0.1, 0.15) is 30.7 Å². The molecule has 2 fully saturated rings. The summed E-state index contributed by atoms with van der Waals surface area (Å²) >= 11 is 6.15. The highest BCUT2D eigenvalue weighted by Crippen LogP contribution is 2.39. The minimum Gasteiger partial charge on any atom is -0.376 e. The Balaban J connectivity index is 1.77. The van der Waals surface area contributed by atoms with E-state index in [0.717, 1.165) is 30.3 Å². The standard InChI is InChI=1S/C13H18ClN3O/c1-7-8(2)16-13(12(14)15-7)17-10-5-6-18-11(10)9-3-4-9/h9-11H,3-6H2,1-2H3,(H,16,17). The molecule has 1 aromatic heterocycles. The summed E-state index contributed by atoms with van der Waals surface area (Å²) in [7, 11) is 0. The smallest absolute Gasteiger partial charge is 0.171 e. The second-order valence-electron chi connectivity index (χ2n) is 5.25. The number of halogens is 1. The molecule has 98 valence electrons. The lowest BCUT2D eigenvalue weighted by Gasteiger charge is -2.20. The van der Waals surface area contributed by atoms with Gasteiger partial charge in [0.2, 0.25) is 0 Å². The predicted octanol–water partition coefficient (Wildman–Crippen LogP) is 2.73. The summed E-state index contributed by atoms with van der Waals surface area (Å²) in [6.45, 7) is 4.70. The van der Waals surface area contributed by atoms with Gasteiger partial charge >= 0.3 is 0 Å². The number of nitrogens with zero attached hydrogens (tertiary/aromatic N) is 2. The number of aromatic nitrogens is 2. The van der Waals surface area contributed by atoms with E-state index in [4.69, 9.17) is 16.3 Å². The lowest BCUT2D eigenvalue weighted by Crippen LogP contribution is -2.31. The van der Waals surface area contributed by atoms with Crippen LogP contribution in [0.15, 0.2) is 0 Å². The van der Waals surface area contributed by atoms with E-state index >= 15 is 0 Å². The molecule has 0 aromatic carbocycles. The maximum atomic E-state index is 6.15. The van der Waals surface area contributed by atoms with Gasteiger partial charge in [-0.1, -0.05) is 11.6 Å². The molecule has 1 N–H and O–H groups in total. The summed E-state index contributed by atoms with van der Waals surface area (Å²) in [5.74, 6) is 1.42. The zero-order valence-corrected chi connectivity index (χ0v) is 11.5. The molecule has 4 nitrogen and oxygen atoms in total. The van der Waals surface area contributed by atoms with E-state index in [2.05, 4.69) is 15.3 Å². The zero-order valence-electron chi connectivity index (χ0n) is 10.7. The molecule has 0 radical (unpaired) electrons. The van der Waals surface area contributed by atoms with E-state index in [9.17, 15) is 0 Å². The Morgan fingerprint density at radius 3 is 2.61 bits per heavy atom. The van der Waals surface area contributed by atoms with E-state index in [1.165, 1.54) is 12.8 Å². The molecule has 1 saturated carbocycles. The number of ether oxygens (including phenoxy) is 1. The summed E-state index contributed by atoms with van der Waals surface area (Å²) in [6.07, 6.45) is 3.92. The summed E-state index contributed by atoms with van der Waals surface area (Å²) < 4.78 is 5.80. The summed E-state index contributed by atoms with van der Waals surface area (Å²) in [4.78, 5) is 8.79. The van der Waals surface area contributed by atoms with Crippen molar-refractivity contribution >= 4 is 17.4 Å². The molecule has 1 aliphatic carbocycles. The van der Waals surface area contributed by atoms with Crippen LogP contribution in [0.5, 0.6) is 0 Å². The van der Waals surface area contributed by atoms with Gasteiger partial charge in [-0.3, -0.25) is 0 Å². The molecule has 5 heteroatoms. The van der Waals surface area contributed by atoms with Gasteiger partial charge in [0.15, 0.2) is 11.0 Å². The first-order chi connectivity index (χ1) is 8.65. The van der Waals surface area contributed by atoms with E-state index in [-0.39, 0.29) is 0 Å². The molecule has 3 rings (SSSR count). The number of anilines is 1. The predicted molar refractivity (Wildman–Crippen MR) is 71.0 cm³/mol. The van der Waals surface area contributed by atoms with Crippen molar-refractivity contribution in [1.82, 2.24) is 9.97 Å². The second-order valence-corrected chi connectivity index (χ2v) is 5.60. The van der Waals surface area contributed by atoms with Crippen molar-refractivity contribution < 1.29 is 4.74 Å². The lowest BCUT2D eigenvalue weighted by molar-refractivity contribution is 0.0898. The fraction of sp³-hybridized carbons (Fsp3) is 0.692. The van der Waals surface area contributed by atoms with Crippen molar-refractivity contribution in [1.29, 1.82) is 0 Å². The molecule has 2 unspecified atom stereocenters. The largest absolute Gasteiger partial charge is 0.376 e. The fourth-order valence-corrected chi connectivity index (χ4v) is 2.72. The quantitative estimate of drug-likeness (QED) is 0.915. The summed E-state index contributed by atoms with van der Waals surface area (Å²) in [5, 5.41) is 3.88. The molecule has 1 saturated heterocycles. The van der Waals surface area contributed by atoms with Crippen LogP contribution in [0, 0.1) is 19.8 Å².